The van der Waals surface area contributed by atoms with Gasteiger partial charge in [0.25, 0.3) is 0 Å². The molecule has 0 fully saturated rings. The number of unbranched alkanes of at least 4 members (excludes halogenated alkanes) is 1. The Morgan fingerprint density at radius 1 is 1.23 bits per heavy atom. The summed E-state index contributed by atoms with van der Waals surface area (Å²) in [6.45, 7) is 3.00. The molecule has 0 aliphatic rings. The van der Waals surface area contributed by atoms with Crippen LogP contribution in [-0.2, 0) is 13.0 Å². The first-order chi connectivity index (χ1) is 10.8. The molecular formula is C17H21ClN4. The van der Waals surface area contributed by atoms with Crippen molar-refractivity contribution in [2.24, 2.45) is 0 Å². The average molecular weight is 317 g/mol. The molecule has 0 unspecified atom stereocenters. The number of aromatic nitrogens is 4. The number of hydrogen-bond acceptors (Lipinski definition) is 2. The van der Waals surface area contributed by atoms with Crippen molar-refractivity contribution in [3.8, 4) is 0 Å². The fraction of sp³-hybridized carbons (Fsp3) is 0.294. The summed E-state index contributed by atoms with van der Waals surface area (Å²) in [7, 11) is 0. The Balaban J connectivity index is 0.000000299. The minimum atomic E-state index is 0.804. The van der Waals surface area contributed by atoms with Gasteiger partial charge in [0, 0.05) is 36.2 Å². The van der Waals surface area contributed by atoms with Crippen LogP contribution in [0.2, 0.25) is 5.02 Å². The van der Waals surface area contributed by atoms with Gasteiger partial charge < -0.3 is 9.55 Å². The lowest BCUT2D eigenvalue weighted by atomic mass is 10.2. The molecule has 0 saturated carbocycles. The Hall–Kier alpha value is -2.07. The van der Waals surface area contributed by atoms with Gasteiger partial charge in [0.1, 0.15) is 5.82 Å². The van der Waals surface area contributed by atoms with Crippen LogP contribution in [0, 0.1) is 0 Å². The number of hydrogen-bond donors (Lipinski definition) is 1. The zero-order valence-corrected chi connectivity index (χ0v) is 13.5. The zero-order valence-electron chi connectivity index (χ0n) is 12.7. The summed E-state index contributed by atoms with van der Waals surface area (Å²) in [6.07, 6.45) is 12.4. The van der Waals surface area contributed by atoms with Gasteiger partial charge in [-0.2, -0.15) is 0 Å². The minimum absolute atomic E-state index is 0.804. The van der Waals surface area contributed by atoms with E-state index in [9.17, 15) is 0 Å². The van der Waals surface area contributed by atoms with Crippen LogP contribution in [0.1, 0.15) is 31.2 Å². The Labute approximate surface area is 136 Å². The lowest BCUT2D eigenvalue weighted by Crippen LogP contribution is -2.04. The Morgan fingerprint density at radius 2 is 2.09 bits per heavy atom. The molecule has 0 amide bonds. The SMILES string of the molecule is CCCCc1nccn1Cc1ccccc1Cl.c1c[nH]cn1. The van der Waals surface area contributed by atoms with Crippen LogP contribution in [0.25, 0.3) is 0 Å². The first-order valence-corrected chi connectivity index (χ1v) is 7.85. The van der Waals surface area contributed by atoms with Crippen molar-refractivity contribution in [2.75, 3.05) is 0 Å². The molecule has 116 valence electrons. The van der Waals surface area contributed by atoms with Crippen LogP contribution in [-0.4, -0.2) is 19.5 Å². The van der Waals surface area contributed by atoms with Crippen LogP contribution < -0.4 is 0 Å². The highest BCUT2D eigenvalue weighted by Gasteiger charge is 2.05. The number of aryl methyl sites for hydroxylation is 1. The van der Waals surface area contributed by atoms with Crippen molar-refractivity contribution in [2.45, 2.75) is 32.7 Å². The molecular weight excluding hydrogens is 296 g/mol. The van der Waals surface area contributed by atoms with Crippen molar-refractivity contribution in [3.63, 3.8) is 0 Å². The topological polar surface area (TPSA) is 46.5 Å². The Bertz CT molecular complexity index is 629. The molecule has 3 aromatic rings. The maximum atomic E-state index is 6.16. The molecule has 5 heteroatoms. The molecule has 1 aromatic carbocycles. The molecule has 3 rings (SSSR count). The van der Waals surface area contributed by atoms with Gasteiger partial charge in [-0.3, -0.25) is 0 Å². The summed E-state index contributed by atoms with van der Waals surface area (Å²) < 4.78 is 2.18. The van der Waals surface area contributed by atoms with Gasteiger partial charge in [-0.15, -0.1) is 0 Å². The van der Waals surface area contributed by atoms with Crippen molar-refractivity contribution in [1.29, 1.82) is 0 Å². The summed E-state index contributed by atoms with van der Waals surface area (Å²) in [6, 6.07) is 7.97. The van der Waals surface area contributed by atoms with Crippen molar-refractivity contribution >= 4 is 11.6 Å². The smallest absolute Gasteiger partial charge is 0.108 e. The standard InChI is InChI=1S/C14H17ClN2.C3H4N2/c1-2-3-8-14-16-9-10-17(14)11-12-6-4-5-7-13(12)15;1-2-5-3-4-1/h4-7,9-10H,2-3,8,11H2,1H3;1-3H,(H,4,5). The fourth-order valence-electron chi connectivity index (χ4n) is 2.07. The summed E-state index contributed by atoms with van der Waals surface area (Å²) in [4.78, 5) is 10.8. The number of nitrogens with zero attached hydrogens (tertiary/aromatic N) is 3. The van der Waals surface area contributed by atoms with E-state index in [0.717, 1.165) is 29.4 Å². The summed E-state index contributed by atoms with van der Waals surface area (Å²) in [5, 5.41) is 0.822. The number of halogens is 1. The second-order valence-corrected chi connectivity index (χ2v) is 5.33. The normalized spacial score (nSPS) is 10.1. The second kappa shape index (κ2) is 9.05. The van der Waals surface area contributed by atoms with Crippen LogP contribution in [0.4, 0.5) is 0 Å². The average Bonchev–Trinajstić information content (AvgIpc) is 3.22. The zero-order chi connectivity index (χ0) is 15.6. The van der Waals surface area contributed by atoms with Crippen LogP contribution >= 0.6 is 11.6 Å². The van der Waals surface area contributed by atoms with E-state index in [4.69, 9.17) is 11.6 Å². The van der Waals surface area contributed by atoms with Gasteiger partial charge in [-0.05, 0) is 18.1 Å². The van der Waals surface area contributed by atoms with E-state index in [1.54, 1.807) is 18.7 Å². The van der Waals surface area contributed by atoms with E-state index in [1.165, 1.54) is 12.8 Å². The van der Waals surface area contributed by atoms with Gasteiger partial charge in [0.15, 0.2) is 0 Å². The third-order valence-electron chi connectivity index (χ3n) is 3.26. The molecule has 2 heterocycles. The van der Waals surface area contributed by atoms with Crippen LogP contribution in [0.15, 0.2) is 55.4 Å². The second-order valence-electron chi connectivity index (χ2n) is 4.93. The number of aromatic amines is 1. The molecule has 0 atom stereocenters. The molecule has 0 radical (unpaired) electrons. The molecule has 0 bridgehead atoms. The fourth-order valence-corrected chi connectivity index (χ4v) is 2.27. The first-order valence-electron chi connectivity index (χ1n) is 7.47. The van der Waals surface area contributed by atoms with Gasteiger partial charge in [0.05, 0.1) is 12.9 Å². The number of rotatable bonds is 5. The predicted molar refractivity (Wildman–Crippen MR) is 90.0 cm³/mol. The van der Waals surface area contributed by atoms with Crippen molar-refractivity contribution in [1.82, 2.24) is 19.5 Å². The Morgan fingerprint density at radius 3 is 2.73 bits per heavy atom. The highest BCUT2D eigenvalue weighted by molar-refractivity contribution is 6.31. The monoisotopic (exact) mass is 316 g/mol. The highest BCUT2D eigenvalue weighted by atomic mass is 35.5. The quantitative estimate of drug-likeness (QED) is 0.761. The number of H-pyrrole nitrogens is 1. The molecule has 4 nitrogen and oxygen atoms in total. The van der Waals surface area contributed by atoms with E-state index in [-0.39, 0.29) is 0 Å². The van der Waals surface area contributed by atoms with Gasteiger partial charge in [-0.1, -0.05) is 43.1 Å². The summed E-state index contributed by atoms with van der Waals surface area (Å²) in [5.74, 6) is 1.15. The van der Waals surface area contributed by atoms with E-state index >= 15 is 0 Å². The van der Waals surface area contributed by atoms with E-state index in [0.29, 0.717) is 0 Å². The van der Waals surface area contributed by atoms with E-state index in [1.807, 2.05) is 30.6 Å². The largest absolute Gasteiger partial charge is 0.351 e. The van der Waals surface area contributed by atoms with E-state index in [2.05, 4.69) is 32.5 Å². The summed E-state index contributed by atoms with van der Waals surface area (Å²) >= 11 is 6.16. The van der Waals surface area contributed by atoms with Crippen molar-refractivity contribution in [3.05, 3.63) is 71.8 Å². The maximum absolute atomic E-state index is 6.16. The molecule has 0 spiro atoms. The number of nitrogens with one attached hydrogen (secondary N) is 1. The molecule has 22 heavy (non-hydrogen) atoms. The Kier molecular flexibility index (Phi) is 6.71. The molecule has 2 aromatic heterocycles. The third-order valence-corrected chi connectivity index (χ3v) is 3.63. The lowest BCUT2D eigenvalue weighted by molar-refractivity contribution is 0.678. The molecule has 0 aliphatic carbocycles. The van der Waals surface area contributed by atoms with Gasteiger partial charge in [0.2, 0.25) is 0 Å². The van der Waals surface area contributed by atoms with Crippen molar-refractivity contribution < 1.29 is 0 Å². The van der Waals surface area contributed by atoms with Gasteiger partial charge in [-0.25, -0.2) is 9.97 Å². The predicted octanol–water partition coefficient (Wildman–Crippen LogP) is 4.34. The maximum Gasteiger partial charge on any atom is 0.108 e. The molecule has 1 N–H and O–H groups in total. The number of imidazole rings is 2. The van der Waals surface area contributed by atoms with Crippen LogP contribution in [0.5, 0.6) is 0 Å². The lowest BCUT2D eigenvalue weighted by Gasteiger charge is -2.08. The van der Waals surface area contributed by atoms with E-state index < -0.39 is 0 Å². The van der Waals surface area contributed by atoms with Gasteiger partial charge >= 0.3 is 0 Å². The third kappa shape index (κ3) is 5.04. The minimum Gasteiger partial charge on any atom is -0.351 e. The summed E-state index contributed by atoms with van der Waals surface area (Å²) in [5.41, 5.74) is 1.14. The number of benzene rings is 1. The molecule has 0 aliphatic heterocycles. The first kappa shape index (κ1) is 16.3. The molecule has 0 saturated heterocycles. The van der Waals surface area contributed by atoms with Crippen LogP contribution in [0.3, 0.4) is 0 Å². The highest BCUT2D eigenvalue weighted by Crippen LogP contribution is 2.17.